The topological polar surface area (TPSA) is 130 Å². The maximum atomic E-state index is 12.4. The van der Waals surface area contributed by atoms with E-state index in [1.54, 1.807) is 29.3 Å². The number of nitrogens with zero attached hydrogens (tertiary/aromatic N) is 4. The van der Waals surface area contributed by atoms with E-state index in [0.717, 1.165) is 23.7 Å². The van der Waals surface area contributed by atoms with E-state index in [9.17, 15) is 14.4 Å². The molecule has 2 N–H and O–H groups in total. The first-order valence-corrected chi connectivity index (χ1v) is 9.62. The average molecular weight is 408 g/mol. The number of pyridine rings is 1. The van der Waals surface area contributed by atoms with Crippen molar-refractivity contribution in [1.29, 1.82) is 0 Å². The number of fused-ring (bicyclic) bond motifs is 1. The van der Waals surface area contributed by atoms with E-state index in [0.29, 0.717) is 18.8 Å². The molecule has 1 fully saturated rings. The molecule has 10 heteroatoms. The number of carbonyl (C=O) groups excluding carboxylic acids is 3. The van der Waals surface area contributed by atoms with Crippen molar-refractivity contribution >= 4 is 34.3 Å². The van der Waals surface area contributed by atoms with Crippen molar-refractivity contribution in [2.24, 2.45) is 0 Å². The highest BCUT2D eigenvalue weighted by atomic mass is 16.5. The number of rotatable bonds is 6. The van der Waals surface area contributed by atoms with Crippen LogP contribution in [0.15, 0.2) is 41.1 Å². The van der Waals surface area contributed by atoms with Gasteiger partial charge in [-0.05, 0) is 37.1 Å². The number of aromatic nitrogens is 3. The molecule has 30 heavy (non-hydrogen) atoms. The van der Waals surface area contributed by atoms with Crippen molar-refractivity contribution in [2.75, 3.05) is 25.0 Å². The summed E-state index contributed by atoms with van der Waals surface area (Å²) in [5, 5.41) is 9.74. The van der Waals surface area contributed by atoms with Crippen LogP contribution in [0.2, 0.25) is 0 Å². The van der Waals surface area contributed by atoms with Crippen molar-refractivity contribution in [3.8, 4) is 0 Å². The molecule has 1 aromatic carbocycles. The molecule has 154 valence electrons. The van der Waals surface area contributed by atoms with Gasteiger partial charge in [-0.3, -0.25) is 19.4 Å². The van der Waals surface area contributed by atoms with Gasteiger partial charge in [0, 0.05) is 24.7 Å². The molecule has 0 saturated carbocycles. The quantitative estimate of drug-likeness (QED) is 0.626. The van der Waals surface area contributed by atoms with Gasteiger partial charge in [0.1, 0.15) is 0 Å². The second kappa shape index (κ2) is 8.68. The number of benzene rings is 1. The maximum absolute atomic E-state index is 12.4. The van der Waals surface area contributed by atoms with Crippen LogP contribution in [0.5, 0.6) is 0 Å². The molecule has 0 atom stereocenters. The normalized spacial score (nSPS) is 13.4. The van der Waals surface area contributed by atoms with Gasteiger partial charge < -0.3 is 20.1 Å². The van der Waals surface area contributed by atoms with Crippen molar-refractivity contribution in [2.45, 2.75) is 19.3 Å². The van der Waals surface area contributed by atoms with E-state index in [-0.39, 0.29) is 36.5 Å². The number of nitrogens with one attached hydrogen (secondary N) is 2. The Kier molecular flexibility index (Phi) is 5.64. The minimum atomic E-state index is -0.651. The summed E-state index contributed by atoms with van der Waals surface area (Å²) in [6.45, 7) is 1.29. The van der Waals surface area contributed by atoms with Crippen molar-refractivity contribution in [1.82, 2.24) is 25.3 Å². The Balaban J connectivity index is 1.32. The van der Waals surface area contributed by atoms with E-state index >= 15 is 0 Å². The minimum Gasteiger partial charge on any atom is -0.341 e. The van der Waals surface area contributed by atoms with Gasteiger partial charge in [0.25, 0.3) is 0 Å². The van der Waals surface area contributed by atoms with Gasteiger partial charge in [-0.15, -0.1) is 0 Å². The lowest BCUT2D eigenvalue weighted by molar-refractivity contribution is -0.129. The number of hydrogen-bond acceptors (Lipinski definition) is 7. The Labute approximate surface area is 171 Å². The van der Waals surface area contributed by atoms with Crippen LogP contribution < -0.4 is 10.6 Å². The van der Waals surface area contributed by atoms with Gasteiger partial charge in [0.2, 0.25) is 11.8 Å². The monoisotopic (exact) mass is 408 g/mol. The lowest BCUT2D eigenvalue weighted by atomic mass is 10.2. The minimum absolute atomic E-state index is 0.0712. The molecule has 2 aromatic heterocycles. The maximum Gasteiger partial charge on any atom is 0.315 e. The zero-order valence-electron chi connectivity index (χ0n) is 16.1. The second-order valence-electron chi connectivity index (χ2n) is 6.89. The summed E-state index contributed by atoms with van der Waals surface area (Å²) in [4.78, 5) is 46.4. The van der Waals surface area contributed by atoms with Crippen LogP contribution in [0.25, 0.3) is 10.9 Å². The molecule has 3 heterocycles. The summed E-state index contributed by atoms with van der Waals surface area (Å²) >= 11 is 0. The van der Waals surface area contributed by atoms with Crippen molar-refractivity contribution in [3.63, 3.8) is 0 Å². The van der Waals surface area contributed by atoms with Crippen LogP contribution in [-0.4, -0.2) is 57.4 Å². The molecule has 1 saturated heterocycles. The molecular weight excluding hydrogens is 388 g/mol. The fraction of sp³-hybridized carbons (Fsp3) is 0.300. The van der Waals surface area contributed by atoms with Gasteiger partial charge in [0.15, 0.2) is 5.82 Å². The molecule has 4 rings (SSSR count). The predicted octanol–water partition coefficient (Wildman–Crippen LogP) is 1.15. The number of likely N-dealkylation sites (tertiary alicyclic amines) is 1. The molecule has 0 unspecified atom stereocenters. The highest BCUT2D eigenvalue weighted by molar-refractivity contribution is 6.01. The molecule has 1 aliphatic heterocycles. The molecule has 10 nitrogen and oxygen atoms in total. The first-order chi connectivity index (χ1) is 14.6. The van der Waals surface area contributed by atoms with E-state index in [1.165, 1.54) is 0 Å². The van der Waals surface area contributed by atoms with Gasteiger partial charge in [-0.2, -0.15) is 4.98 Å². The Morgan fingerprint density at radius 1 is 1.10 bits per heavy atom. The third kappa shape index (κ3) is 4.43. The highest BCUT2D eigenvalue weighted by Gasteiger charge is 2.21. The van der Waals surface area contributed by atoms with E-state index in [1.807, 2.05) is 12.1 Å². The average Bonchev–Trinajstić information content (AvgIpc) is 3.44. The molecular formula is C20H20N6O4. The third-order valence-corrected chi connectivity index (χ3v) is 4.76. The molecule has 1 aliphatic rings. The first kappa shape index (κ1) is 19.5. The Morgan fingerprint density at radius 2 is 1.93 bits per heavy atom. The summed E-state index contributed by atoms with van der Waals surface area (Å²) in [5.74, 6) is -1.38. The lowest BCUT2D eigenvalue weighted by Gasteiger charge is -2.14. The zero-order chi connectivity index (χ0) is 20.9. The third-order valence-electron chi connectivity index (χ3n) is 4.76. The Bertz CT molecular complexity index is 1080. The zero-order valence-corrected chi connectivity index (χ0v) is 16.1. The number of carbonyl (C=O) groups is 3. The summed E-state index contributed by atoms with van der Waals surface area (Å²) in [6.07, 6.45) is 3.47. The second-order valence-corrected chi connectivity index (χ2v) is 6.89. The van der Waals surface area contributed by atoms with Crippen LogP contribution >= 0.6 is 0 Å². The largest absolute Gasteiger partial charge is 0.341 e. The predicted molar refractivity (Wildman–Crippen MR) is 107 cm³/mol. The summed E-state index contributed by atoms with van der Waals surface area (Å²) in [7, 11) is 0. The van der Waals surface area contributed by atoms with Crippen LogP contribution in [0, 0.1) is 0 Å². The van der Waals surface area contributed by atoms with Gasteiger partial charge in [-0.25, -0.2) is 0 Å². The fourth-order valence-corrected chi connectivity index (χ4v) is 3.28. The lowest BCUT2D eigenvalue weighted by Crippen LogP contribution is -2.38. The number of amides is 3. The fourth-order valence-electron chi connectivity index (χ4n) is 3.28. The van der Waals surface area contributed by atoms with Crippen LogP contribution in [-0.2, 0) is 16.0 Å². The van der Waals surface area contributed by atoms with Crippen LogP contribution in [0.4, 0.5) is 5.69 Å². The molecule has 0 radical (unpaired) electrons. The summed E-state index contributed by atoms with van der Waals surface area (Å²) < 4.78 is 4.92. The molecule has 0 aliphatic carbocycles. The van der Waals surface area contributed by atoms with E-state index in [4.69, 9.17) is 4.52 Å². The summed E-state index contributed by atoms with van der Waals surface area (Å²) in [6, 6.07) is 9.07. The van der Waals surface area contributed by atoms with Gasteiger partial charge in [-0.1, -0.05) is 11.2 Å². The molecule has 3 aromatic rings. The van der Waals surface area contributed by atoms with Crippen molar-refractivity contribution < 1.29 is 18.9 Å². The van der Waals surface area contributed by atoms with Crippen LogP contribution in [0.1, 0.15) is 29.4 Å². The molecule has 0 bridgehead atoms. The van der Waals surface area contributed by atoms with E-state index < -0.39 is 5.91 Å². The number of anilines is 1. The standard InChI is InChI=1S/C20H20N6O4/c27-17(23-15-7-3-6-14-13(15)5-4-8-21-14)11-16-24-20(30-25-16)19(29)22-12-18(28)26-9-1-2-10-26/h3-8H,1-2,9-12H2,(H,22,29)(H,23,27). The van der Waals surface area contributed by atoms with Crippen molar-refractivity contribution in [3.05, 3.63) is 48.2 Å². The van der Waals surface area contributed by atoms with E-state index in [2.05, 4.69) is 25.8 Å². The Morgan fingerprint density at radius 3 is 2.77 bits per heavy atom. The van der Waals surface area contributed by atoms with Crippen LogP contribution in [0.3, 0.4) is 0 Å². The first-order valence-electron chi connectivity index (χ1n) is 9.62. The highest BCUT2D eigenvalue weighted by Crippen LogP contribution is 2.21. The smallest absolute Gasteiger partial charge is 0.315 e. The van der Waals surface area contributed by atoms with Gasteiger partial charge >= 0.3 is 11.8 Å². The molecule has 0 spiro atoms. The summed E-state index contributed by atoms with van der Waals surface area (Å²) in [5.41, 5.74) is 1.38. The molecule has 3 amide bonds. The SMILES string of the molecule is O=C(Cc1noc(C(=O)NCC(=O)N2CCCC2)n1)Nc1cccc2ncccc12. The van der Waals surface area contributed by atoms with Gasteiger partial charge in [0.05, 0.1) is 24.2 Å². The Hall–Kier alpha value is -3.82. The number of hydrogen-bond donors (Lipinski definition) is 2.